The monoisotopic (exact) mass is 229 g/mol. The van der Waals surface area contributed by atoms with Gasteiger partial charge in [-0.3, -0.25) is 4.21 Å². The minimum absolute atomic E-state index is 0.413. The molecule has 3 nitrogen and oxygen atoms in total. The van der Waals surface area contributed by atoms with Crippen molar-refractivity contribution in [1.29, 1.82) is 0 Å². The molecular weight excluding hydrogens is 222 g/mol. The Morgan fingerprint density at radius 2 is 2.36 bits per heavy atom. The van der Waals surface area contributed by atoms with Crippen LogP contribution in [0.1, 0.15) is 5.56 Å². The summed E-state index contributed by atoms with van der Waals surface area (Å²) in [4.78, 5) is 4.90. The lowest BCUT2D eigenvalue weighted by Gasteiger charge is -2.11. The molecule has 1 heterocycles. The van der Waals surface area contributed by atoms with E-state index in [1.807, 2.05) is 6.07 Å². The molecule has 1 atom stereocenters. The predicted octanol–water partition coefficient (Wildman–Crippen LogP) is 1.78. The van der Waals surface area contributed by atoms with Gasteiger partial charge in [0.1, 0.15) is 6.61 Å². The van der Waals surface area contributed by atoms with E-state index in [1.165, 1.54) is 0 Å². The van der Waals surface area contributed by atoms with Gasteiger partial charge in [0.15, 0.2) is 5.04 Å². The third-order valence-electron chi connectivity index (χ3n) is 1.79. The maximum atomic E-state index is 11.6. The first-order chi connectivity index (χ1) is 6.77. The van der Waals surface area contributed by atoms with E-state index in [1.54, 1.807) is 18.2 Å². The Bertz CT molecular complexity index is 406. The molecular formula is C9H8ClNO2S. The summed E-state index contributed by atoms with van der Waals surface area (Å²) < 4.78 is 11.6. The van der Waals surface area contributed by atoms with Crippen LogP contribution in [0.3, 0.4) is 0 Å². The molecule has 1 aliphatic heterocycles. The summed E-state index contributed by atoms with van der Waals surface area (Å²) >= 11 is 5.82. The minimum atomic E-state index is -1.07. The zero-order valence-corrected chi connectivity index (χ0v) is 8.85. The first-order valence-electron chi connectivity index (χ1n) is 4.11. The molecule has 0 saturated carbocycles. The molecule has 14 heavy (non-hydrogen) atoms. The van der Waals surface area contributed by atoms with E-state index < -0.39 is 10.8 Å². The van der Waals surface area contributed by atoms with Gasteiger partial charge in [-0.2, -0.15) is 0 Å². The standard InChI is InChI=1S/C9H8ClNO2S/c10-8-3-1-2-7(6-8)9-11-13-4-5-14(9)12/h1-3,6H,4-5H2. The topological polar surface area (TPSA) is 38.7 Å². The fourth-order valence-corrected chi connectivity index (χ4v) is 2.30. The molecule has 0 aromatic heterocycles. The second kappa shape index (κ2) is 4.11. The van der Waals surface area contributed by atoms with Crippen molar-refractivity contribution in [2.75, 3.05) is 12.4 Å². The average molecular weight is 230 g/mol. The van der Waals surface area contributed by atoms with Gasteiger partial charge < -0.3 is 4.84 Å². The number of hydrogen-bond donors (Lipinski definition) is 0. The van der Waals surface area contributed by atoms with Crippen LogP contribution in [0.15, 0.2) is 29.4 Å². The molecule has 1 aromatic carbocycles. The van der Waals surface area contributed by atoms with Gasteiger partial charge in [0, 0.05) is 10.6 Å². The molecule has 1 unspecified atom stereocenters. The molecule has 0 fully saturated rings. The molecule has 1 aliphatic rings. The van der Waals surface area contributed by atoms with Gasteiger partial charge in [-0.05, 0) is 12.1 Å². The van der Waals surface area contributed by atoms with Crippen molar-refractivity contribution in [1.82, 2.24) is 0 Å². The molecule has 74 valence electrons. The Kier molecular flexibility index (Phi) is 2.84. The highest BCUT2D eigenvalue weighted by atomic mass is 35.5. The van der Waals surface area contributed by atoms with Gasteiger partial charge in [0.2, 0.25) is 0 Å². The number of nitrogens with zero attached hydrogens (tertiary/aromatic N) is 1. The Morgan fingerprint density at radius 3 is 3.07 bits per heavy atom. The third-order valence-corrected chi connectivity index (χ3v) is 3.31. The van der Waals surface area contributed by atoms with E-state index in [0.29, 0.717) is 22.4 Å². The second-order valence-electron chi connectivity index (χ2n) is 2.79. The summed E-state index contributed by atoms with van der Waals surface area (Å²) in [6, 6.07) is 7.11. The van der Waals surface area contributed by atoms with Crippen LogP contribution in [0.4, 0.5) is 0 Å². The van der Waals surface area contributed by atoms with Crippen LogP contribution in [0, 0.1) is 0 Å². The summed E-state index contributed by atoms with van der Waals surface area (Å²) in [5.41, 5.74) is 0.760. The first-order valence-corrected chi connectivity index (χ1v) is 5.81. The highest BCUT2D eigenvalue weighted by Gasteiger charge is 2.17. The fourth-order valence-electron chi connectivity index (χ4n) is 1.16. The highest BCUT2D eigenvalue weighted by molar-refractivity contribution is 8.01. The minimum Gasteiger partial charge on any atom is -0.394 e. The predicted molar refractivity (Wildman–Crippen MR) is 57.0 cm³/mol. The Labute approximate surface area is 89.2 Å². The van der Waals surface area contributed by atoms with Crippen molar-refractivity contribution >= 4 is 27.4 Å². The van der Waals surface area contributed by atoms with Gasteiger partial charge in [-0.1, -0.05) is 28.9 Å². The van der Waals surface area contributed by atoms with Gasteiger partial charge in [-0.15, -0.1) is 0 Å². The normalized spacial score (nSPS) is 21.2. The molecule has 0 spiro atoms. The molecule has 1 aromatic rings. The molecule has 0 saturated heterocycles. The van der Waals surface area contributed by atoms with E-state index in [2.05, 4.69) is 5.16 Å². The van der Waals surface area contributed by atoms with Crippen LogP contribution >= 0.6 is 11.6 Å². The summed E-state index contributed by atoms with van der Waals surface area (Å²) in [7, 11) is -1.07. The Hall–Kier alpha value is -0.870. The lowest BCUT2D eigenvalue weighted by Crippen LogP contribution is -2.20. The summed E-state index contributed by atoms with van der Waals surface area (Å²) in [5, 5.41) is 4.86. The van der Waals surface area contributed by atoms with Crippen LogP contribution in [0.25, 0.3) is 0 Å². The third kappa shape index (κ3) is 1.96. The average Bonchev–Trinajstić information content (AvgIpc) is 2.18. The van der Waals surface area contributed by atoms with Crippen molar-refractivity contribution in [3.63, 3.8) is 0 Å². The van der Waals surface area contributed by atoms with Gasteiger partial charge in [-0.25, -0.2) is 0 Å². The number of halogens is 1. The SMILES string of the molecule is O=S1CCON=C1c1cccc(Cl)c1. The van der Waals surface area contributed by atoms with Gasteiger partial charge in [0.05, 0.1) is 16.6 Å². The molecule has 0 N–H and O–H groups in total. The van der Waals surface area contributed by atoms with Gasteiger partial charge >= 0.3 is 0 Å². The number of hydrogen-bond acceptors (Lipinski definition) is 3. The molecule has 0 amide bonds. The van der Waals surface area contributed by atoms with E-state index in [-0.39, 0.29) is 0 Å². The number of rotatable bonds is 1. The maximum Gasteiger partial charge on any atom is 0.173 e. The Balaban J connectivity index is 2.39. The summed E-state index contributed by atoms with van der Waals surface area (Å²) in [6.07, 6.45) is 0. The van der Waals surface area contributed by atoms with Crippen molar-refractivity contribution < 1.29 is 9.05 Å². The highest BCUT2D eigenvalue weighted by Crippen LogP contribution is 2.14. The summed E-state index contributed by atoms with van der Waals surface area (Å²) in [6.45, 7) is 0.413. The molecule has 2 rings (SSSR count). The lowest BCUT2D eigenvalue weighted by molar-refractivity contribution is 0.159. The molecule has 0 aliphatic carbocycles. The van der Waals surface area contributed by atoms with Crippen LogP contribution < -0.4 is 0 Å². The van der Waals surface area contributed by atoms with Crippen LogP contribution in [-0.4, -0.2) is 21.6 Å². The van der Waals surface area contributed by atoms with Crippen molar-refractivity contribution in [3.05, 3.63) is 34.9 Å². The van der Waals surface area contributed by atoms with Crippen molar-refractivity contribution in [3.8, 4) is 0 Å². The Morgan fingerprint density at radius 1 is 1.50 bits per heavy atom. The van der Waals surface area contributed by atoms with E-state index in [4.69, 9.17) is 16.4 Å². The zero-order chi connectivity index (χ0) is 9.97. The largest absolute Gasteiger partial charge is 0.394 e. The fraction of sp³-hybridized carbons (Fsp3) is 0.222. The smallest absolute Gasteiger partial charge is 0.173 e. The molecule has 5 heteroatoms. The lowest BCUT2D eigenvalue weighted by atomic mass is 10.2. The molecule has 0 bridgehead atoms. The number of oxime groups is 1. The van der Waals surface area contributed by atoms with Crippen molar-refractivity contribution in [2.45, 2.75) is 0 Å². The van der Waals surface area contributed by atoms with E-state index >= 15 is 0 Å². The first kappa shape index (κ1) is 9.68. The molecule has 0 radical (unpaired) electrons. The van der Waals surface area contributed by atoms with Crippen LogP contribution in [0.5, 0.6) is 0 Å². The van der Waals surface area contributed by atoms with Crippen LogP contribution in [-0.2, 0) is 15.6 Å². The second-order valence-corrected chi connectivity index (χ2v) is 4.71. The maximum absolute atomic E-state index is 11.6. The van der Waals surface area contributed by atoms with E-state index in [0.717, 1.165) is 5.56 Å². The van der Waals surface area contributed by atoms with E-state index in [9.17, 15) is 4.21 Å². The number of benzene rings is 1. The van der Waals surface area contributed by atoms with Crippen LogP contribution in [0.2, 0.25) is 5.02 Å². The van der Waals surface area contributed by atoms with Gasteiger partial charge in [0.25, 0.3) is 0 Å². The van der Waals surface area contributed by atoms with Crippen molar-refractivity contribution in [2.24, 2.45) is 5.16 Å². The summed E-state index contributed by atoms with van der Waals surface area (Å²) in [5.74, 6) is 0.491. The quantitative estimate of drug-likeness (QED) is 0.736. The zero-order valence-electron chi connectivity index (χ0n) is 7.27.